The smallest absolute Gasteiger partial charge is 0.258 e. The second-order valence-corrected chi connectivity index (χ2v) is 6.36. The number of rotatable bonds is 2. The van der Waals surface area contributed by atoms with E-state index >= 15 is 0 Å². The van der Waals surface area contributed by atoms with Crippen LogP contribution < -0.4 is 0 Å². The van der Waals surface area contributed by atoms with Crippen molar-refractivity contribution >= 4 is 11.8 Å². The largest absolute Gasteiger partial charge is 0.388 e. The third-order valence-corrected chi connectivity index (χ3v) is 4.76. The van der Waals surface area contributed by atoms with Gasteiger partial charge in [0.1, 0.15) is 12.2 Å². The van der Waals surface area contributed by atoms with Gasteiger partial charge in [0.05, 0.1) is 12.1 Å². The Labute approximate surface area is 112 Å². The van der Waals surface area contributed by atoms with E-state index in [1.54, 1.807) is 0 Å². The highest BCUT2D eigenvalue weighted by Crippen LogP contribution is 2.35. The number of hydrogen-bond acceptors (Lipinski definition) is 4. The molecule has 1 aliphatic carbocycles. The zero-order valence-electron chi connectivity index (χ0n) is 11.3. The second kappa shape index (κ2) is 4.56. The van der Waals surface area contributed by atoms with E-state index in [0.717, 1.165) is 12.8 Å². The van der Waals surface area contributed by atoms with Crippen LogP contribution in [-0.4, -0.2) is 46.2 Å². The van der Waals surface area contributed by atoms with Crippen LogP contribution in [0.3, 0.4) is 0 Å². The molecule has 2 saturated heterocycles. The highest BCUT2D eigenvalue weighted by molar-refractivity contribution is 6.02. The quantitative estimate of drug-likeness (QED) is 0.753. The summed E-state index contributed by atoms with van der Waals surface area (Å²) in [4.78, 5) is 25.5. The topological polar surface area (TPSA) is 66.8 Å². The second-order valence-electron chi connectivity index (χ2n) is 6.36. The van der Waals surface area contributed by atoms with Gasteiger partial charge < -0.3 is 9.84 Å². The van der Waals surface area contributed by atoms with E-state index in [-0.39, 0.29) is 18.4 Å². The number of ether oxygens (including phenoxy) is 1. The van der Waals surface area contributed by atoms with Gasteiger partial charge in [-0.25, -0.2) is 0 Å². The van der Waals surface area contributed by atoms with E-state index in [1.165, 1.54) is 4.90 Å². The lowest BCUT2D eigenvalue weighted by atomic mass is 9.79. The lowest BCUT2D eigenvalue weighted by Gasteiger charge is -2.40. The molecule has 5 nitrogen and oxygen atoms in total. The highest BCUT2D eigenvalue weighted by Gasteiger charge is 2.48. The van der Waals surface area contributed by atoms with Crippen LogP contribution >= 0.6 is 0 Å². The molecule has 2 unspecified atom stereocenters. The minimum absolute atomic E-state index is 0.147. The Morgan fingerprint density at radius 2 is 1.68 bits per heavy atom. The molecule has 0 aromatic heterocycles. The molecule has 3 fully saturated rings. The number of aliphatic hydroxyl groups is 1. The normalized spacial score (nSPS) is 42.8. The van der Waals surface area contributed by atoms with E-state index in [4.69, 9.17) is 4.74 Å². The molecule has 2 heterocycles. The van der Waals surface area contributed by atoms with Gasteiger partial charge in [0.2, 0.25) is 0 Å². The van der Waals surface area contributed by atoms with Gasteiger partial charge in [-0.1, -0.05) is 6.92 Å². The first-order chi connectivity index (χ1) is 8.98. The fourth-order valence-electron chi connectivity index (χ4n) is 3.36. The van der Waals surface area contributed by atoms with Crippen molar-refractivity contribution in [3.8, 4) is 0 Å². The lowest BCUT2D eigenvalue weighted by Crippen LogP contribution is -2.57. The molecule has 1 N–H and O–H groups in total. The molecule has 3 aliphatic rings. The van der Waals surface area contributed by atoms with Gasteiger partial charge in [-0.15, -0.1) is 0 Å². The molecule has 0 radical (unpaired) electrons. The van der Waals surface area contributed by atoms with Gasteiger partial charge in [-0.3, -0.25) is 14.5 Å². The average Bonchev–Trinajstić information content (AvgIpc) is 2.84. The first kappa shape index (κ1) is 13.1. The fourth-order valence-corrected chi connectivity index (χ4v) is 3.36. The number of carbonyl (C=O) groups excluding carboxylic acids is 2. The first-order valence-corrected chi connectivity index (χ1v) is 7.22. The molecule has 19 heavy (non-hydrogen) atoms. The number of β-amino-alcohol motifs (C(OH)–C–C–N with tert-alkyl or cyclic N) is 1. The van der Waals surface area contributed by atoms with E-state index in [2.05, 4.69) is 6.92 Å². The van der Waals surface area contributed by atoms with Crippen LogP contribution in [0.1, 0.15) is 45.4 Å². The maximum atomic E-state index is 12.1. The maximum absolute atomic E-state index is 12.1. The van der Waals surface area contributed by atoms with Crippen molar-refractivity contribution in [1.82, 2.24) is 4.90 Å². The lowest BCUT2D eigenvalue weighted by molar-refractivity contribution is -0.173. The summed E-state index contributed by atoms with van der Waals surface area (Å²) in [6.45, 7) is 2.32. The average molecular weight is 267 g/mol. The summed E-state index contributed by atoms with van der Waals surface area (Å²) in [5.74, 6) is 0.101. The monoisotopic (exact) mass is 267 g/mol. The molecule has 2 bridgehead atoms. The number of hydrogen-bond donors (Lipinski definition) is 1. The molecule has 2 amide bonds. The number of amides is 2. The molecule has 0 aromatic rings. The first-order valence-electron chi connectivity index (χ1n) is 7.22. The fraction of sp³-hybridized carbons (Fsp3) is 0.857. The summed E-state index contributed by atoms with van der Waals surface area (Å²) in [7, 11) is 0. The van der Waals surface area contributed by atoms with Gasteiger partial charge in [0.15, 0.2) is 0 Å². The molecule has 2 aliphatic heterocycles. The molecule has 106 valence electrons. The van der Waals surface area contributed by atoms with Crippen LogP contribution in [0.4, 0.5) is 0 Å². The molecule has 5 heteroatoms. The Hall–Kier alpha value is -0.940. The van der Waals surface area contributed by atoms with Crippen LogP contribution in [-0.2, 0) is 14.3 Å². The highest BCUT2D eigenvalue weighted by atomic mass is 16.5. The third kappa shape index (κ3) is 2.30. The zero-order valence-corrected chi connectivity index (χ0v) is 11.3. The zero-order chi connectivity index (χ0) is 13.6. The van der Waals surface area contributed by atoms with Gasteiger partial charge in [0, 0.05) is 0 Å². The van der Waals surface area contributed by atoms with Gasteiger partial charge in [0.25, 0.3) is 11.8 Å². The van der Waals surface area contributed by atoms with E-state index in [1.807, 2.05) is 0 Å². The Morgan fingerprint density at radius 1 is 1.16 bits per heavy atom. The van der Waals surface area contributed by atoms with E-state index in [9.17, 15) is 14.7 Å². The van der Waals surface area contributed by atoms with Crippen molar-refractivity contribution in [2.45, 2.75) is 63.3 Å². The Balaban J connectivity index is 1.72. The predicted molar refractivity (Wildman–Crippen MR) is 67.2 cm³/mol. The predicted octanol–water partition coefficient (Wildman–Crippen LogP) is 0.844. The minimum atomic E-state index is -0.894. The molecule has 0 spiro atoms. The molecule has 2 atom stereocenters. The number of fused-ring (bicyclic) bond motifs is 2. The minimum Gasteiger partial charge on any atom is -0.388 e. The number of carbonyl (C=O) groups is 2. The number of likely N-dealkylation sites (tertiary alicyclic amines) is 1. The summed E-state index contributed by atoms with van der Waals surface area (Å²) >= 11 is 0. The van der Waals surface area contributed by atoms with Crippen molar-refractivity contribution in [2.24, 2.45) is 5.92 Å². The van der Waals surface area contributed by atoms with Crippen LogP contribution in [0.2, 0.25) is 0 Å². The maximum Gasteiger partial charge on any atom is 0.258 e. The van der Waals surface area contributed by atoms with E-state index in [0.29, 0.717) is 31.6 Å². The van der Waals surface area contributed by atoms with E-state index < -0.39 is 17.8 Å². The van der Waals surface area contributed by atoms with Crippen LogP contribution in [0.5, 0.6) is 0 Å². The van der Waals surface area contributed by atoms with Crippen LogP contribution in [0.25, 0.3) is 0 Å². The van der Waals surface area contributed by atoms with Crippen molar-refractivity contribution in [3.05, 3.63) is 0 Å². The summed E-state index contributed by atoms with van der Waals surface area (Å²) in [5, 5.41) is 10.6. The standard InChI is InChI=1S/C14H21NO4/c1-9-4-6-14(18,7-5-9)8-15-12(16)10-2-3-11(19-10)13(15)17/h9-11,18H,2-8H2,1H3. The van der Waals surface area contributed by atoms with Gasteiger partial charge in [-0.05, 0) is 44.4 Å². The Morgan fingerprint density at radius 3 is 2.21 bits per heavy atom. The Kier molecular flexibility index (Phi) is 3.14. The molecular formula is C14H21NO4. The Bertz CT molecular complexity index is 378. The van der Waals surface area contributed by atoms with Gasteiger partial charge in [-0.2, -0.15) is 0 Å². The number of morpholine rings is 1. The summed E-state index contributed by atoms with van der Waals surface area (Å²) in [6, 6.07) is 0. The van der Waals surface area contributed by atoms with Crippen LogP contribution in [0, 0.1) is 5.92 Å². The third-order valence-electron chi connectivity index (χ3n) is 4.76. The number of imide groups is 1. The van der Waals surface area contributed by atoms with Crippen molar-refractivity contribution < 1.29 is 19.4 Å². The van der Waals surface area contributed by atoms with Crippen molar-refractivity contribution in [2.75, 3.05) is 6.54 Å². The number of nitrogens with zero attached hydrogens (tertiary/aromatic N) is 1. The van der Waals surface area contributed by atoms with Crippen molar-refractivity contribution in [3.63, 3.8) is 0 Å². The molecule has 1 saturated carbocycles. The summed E-state index contributed by atoms with van der Waals surface area (Å²) in [5.41, 5.74) is -0.894. The SMILES string of the molecule is CC1CCC(O)(CN2C(=O)C3CCC(O3)C2=O)CC1. The molecule has 0 aromatic carbocycles. The van der Waals surface area contributed by atoms with Gasteiger partial charge >= 0.3 is 0 Å². The van der Waals surface area contributed by atoms with Crippen molar-refractivity contribution in [1.29, 1.82) is 0 Å². The summed E-state index contributed by atoms with van der Waals surface area (Å²) in [6.07, 6.45) is 3.57. The summed E-state index contributed by atoms with van der Waals surface area (Å²) < 4.78 is 5.37. The molecular weight excluding hydrogens is 246 g/mol. The van der Waals surface area contributed by atoms with Crippen LogP contribution in [0.15, 0.2) is 0 Å². The molecule has 3 rings (SSSR count).